The summed E-state index contributed by atoms with van der Waals surface area (Å²) in [5.41, 5.74) is 2.82. The average Bonchev–Trinajstić information content (AvgIpc) is 3.38. The van der Waals surface area contributed by atoms with Crippen LogP contribution in [-0.4, -0.2) is 55.5 Å². The van der Waals surface area contributed by atoms with Crippen molar-refractivity contribution in [2.24, 2.45) is 5.92 Å². The molecule has 33 heavy (non-hydrogen) atoms. The Morgan fingerprint density at radius 1 is 1.24 bits per heavy atom. The first kappa shape index (κ1) is 22.9. The van der Waals surface area contributed by atoms with Gasteiger partial charge in [0.05, 0.1) is 21.7 Å². The first-order valence-electron chi connectivity index (χ1n) is 11.2. The van der Waals surface area contributed by atoms with Crippen molar-refractivity contribution in [1.82, 2.24) is 19.9 Å². The maximum atomic E-state index is 9.59. The molecule has 0 bridgehead atoms. The Morgan fingerprint density at radius 2 is 2.06 bits per heavy atom. The van der Waals surface area contributed by atoms with E-state index in [0.29, 0.717) is 17.4 Å². The number of hydrogen-bond donors (Lipinski definition) is 2. The zero-order valence-electron chi connectivity index (χ0n) is 19.5. The highest BCUT2D eigenvalue weighted by Crippen LogP contribution is 2.51. The summed E-state index contributed by atoms with van der Waals surface area (Å²) < 4.78 is 13.9. The van der Waals surface area contributed by atoms with Gasteiger partial charge in [0.15, 0.2) is 16.7 Å². The number of aryl methyl sites for hydroxylation is 2. The summed E-state index contributed by atoms with van der Waals surface area (Å²) in [6, 6.07) is 1.99. The molecule has 0 amide bonds. The number of fused-ring (bicyclic) bond motifs is 2. The van der Waals surface area contributed by atoms with Crippen LogP contribution < -0.4 is 5.32 Å². The number of nitrogens with zero attached hydrogens (tertiary/aromatic N) is 4. The molecule has 176 valence electrons. The fourth-order valence-corrected chi connectivity index (χ4v) is 6.56. The van der Waals surface area contributed by atoms with E-state index in [-0.39, 0.29) is 18.6 Å². The van der Waals surface area contributed by atoms with E-state index in [1.54, 1.807) is 11.3 Å². The Labute approximate surface area is 201 Å². The summed E-state index contributed by atoms with van der Waals surface area (Å²) >= 11 is 3.12. The van der Waals surface area contributed by atoms with E-state index in [1.807, 2.05) is 46.2 Å². The molecule has 1 aliphatic carbocycles. The molecule has 2 aliphatic rings. The van der Waals surface area contributed by atoms with Crippen LogP contribution >= 0.6 is 23.1 Å². The Morgan fingerprint density at radius 3 is 2.79 bits per heavy atom. The molecule has 8 nitrogen and oxygen atoms in total. The van der Waals surface area contributed by atoms with Crippen molar-refractivity contribution in [3.05, 3.63) is 23.7 Å². The lowest BCUT2D eigenvalue weighted by Crippen LogP contribution is -2.46. The first-order valence-corrected chi connectivity index (χ1v) is 13.2. The molecule has 1 saturated heterocycles. The molecule has 4 heterocycles. The number of nitrogens with one attached hydrogen (secondary N) is 1. The third-order valence-corrected chi connectivity index (χ3v) is 7.98. The van der Waals surface area contributed by atoms with Crippen LogP contribution in [0.5, 0.6) is 0 Å². The summed E-state index contributed by atoms with van der Waals surface area (Å²) in [7, 11) is 0. The number of aliphatic hydroxyl groups is 1. The van der Waals surface area contributed by atoms with Gasteiger partial charge in [-0.2, -0.15) is 0 Å². The van der Waals surface area contributed by atoms with Crippen molar-refractivity contribution in [2.75, 3.05) is 18.2 Å². The summed E-state index contributed by atoms with van der Waals surface area (Å²) in [4.78, 5) is 18.9. The van der Waals surface area contributed by atoms with Gasteiger partial charge in [0.25, 0.3) is 0 Å². The Balaban J connectivity index is 1.62. The Hall–Kier alpha value is -1.85. The van der Waals surface area contributed by atoms with Gasteiger partial charge in [-0.3, -0.25) is 4.98 Å². The molecule has 3 aromatic rings. The second-order valence-electron chi connectivity index (χ2n) is 9.15. The molecule has 2 N–H and O–H groups in total. The van der Waals surface area contributed by atoms with E-state index in [1.165, 1.54) is 11.8 Å². The van der Waals surface area contributed by atoms with E-state index in [0.717, 1.165) is 45.0 Å². The fraction of sp³-hybridized carbons (Fsp3) is 0.565. The van der Waals surface area contributed by atoms with Crippen LogP contribution in [0, 0.1) is 19.8 Å². The normalized spacial score (nSPS) is 26.1. The molecule has 3 aromatic heterocycles. The largest absolute Gasteiger partial charge is 0.396 e. The molecular weight excluding hydrogens is 458 g/mol. The van der Waals surface area contributed by atoms with Crippen molar-refractivity contribution in [2.45, 2.75) is 69.7 Å². The number of aliphatic hydroxyl groups excluding tert-OH is 1. The smallest absolute Gasteiger partial charge is 0.189 e. The second-order valence-corrected chi connectivity index (χ2v) is 11.0. The standard InChI is InChI=1S/C23H29N5O3S2/c1-12-16(20-26-17-13(2)24-10-7-15(17)33-20)19(27-21(25-12)32-5)28-23-9-6-14(8-11-29)18(23)30-22(3,4)31-23/h7,10,14,18,29H,6,8-9,11H2,1-5H3,(H,25,27,28). The minimum absolute atomic E-state index is 0.134. The van der Waals surface area contributed by atoms with E-state index in [2.05, 4.69) is 10.3 Å². The zero-order valence-corrected chi connectivity index (χ0v) is 21.1. The molecule has 1 saturated carbocycles. The lowest BCUT2D eigenvalue weighted by atomic mass is 10.00. The SMILES string of the molecule is CSc1nc(C)c(-c2nc3c(C)nccc3s2)c(NC23CCC(CCO)C2OC(C)(C)O3)n1. The summed E-state index contributed by atoms with van der Waals surface area (Å²) in [5.74, 6) is 0.189. The zero-order chi connectivity index (χ0) is 23.4. The monoisotopic (exact) mass is 487 g/mol. The minimum Gasteiger partial charge on any atom is -0.396 e. The van der Waals surface area contributed by atoms with Crippen molar-refractivity contribution < 1.29 is 14.6 Å². The Bertz CT molecular complexity index is 1200. The minimum atomic E-state index is -0.727. The third kappa shape index (κ3) is 4.01. The van der Waals surface area contributed by atoms with Crippen LogP contribution in [-0.2, 0) is 9.47 Å². The van der Waals surface area contributed by atoms with E-state index in [4.69, 9.17) is 24.4 Å². The summed E-state index contributed by atoms with van der Waals surface area (Å²) in [5, 5.41) is 14.8. The molecule has 1 aliphatic heterocycles. The summed E-state index contributed by atoms with van der Waals surface area (Å²) in [6.07, 6.45) is 5.97. The van der Waals surface area contributed by atoms with E-state index >= 15 is 0 Å². The van der Waals surface area contributed by atoms with Gasteiger partial charge < -0.3 is 19.9 Å². The van der Waals surface area contributed by atoms with Gasteiger partial charge in [0.1, 0.15) is 22.4 Å². The molecule has 2 fully saturated rings. The highest BCUT2D eigenvalue weighted by atomic mass is 32.2. The van der Waals surface area contributed by atoms with Gasteiger partial charge in [-0.25, -0.2) is 15.0 Å². The lowest BCUT2D eigenvalue weighted by molar-refractivity contribution is -0.167. The molecule has 3 unspecified atom stereocenters. The Kier molecular flexibility index (Phi) is 5.85. The van der Waals surface area contributed by atoms with Gasteiger partial charge in [0.2, 0.25) is 0 Å². The van der Waals surface area contributed by atoms with Crippen LogP contribution in [0.15, 0.2) is 17.4 Å². The first-order chi connectivity index (χ1) is 15.7. The van der Waals surface area contributed by atoms with Crippen LogP contribution in [0.25, 0.3) is 20.8 Å². The van der Waals surface area contributed by atoms with E-state index in [9.17, 15) is 5.11 Å². The molecule has 0 radical (unpaired) electrons. The number of aromatic nitrogens is 4. The van der Waals surface area contributed by atoms with Crippen molar-refractivity contribution in [3.63, 3.8) is 0 Å². The quantitative estimate of drug-likeness (QED) is 0.383. The van der Waals surface area contributed by atoms with E-state index < -0.39 is 11.5 Å². The number of rotatable bonds is 6. The van der Waals surface area contributed by atoms with Gasteiger partial charge in [-0.15, -0.1) is 11.3 Å². The van der Waals surface area contributed by atoms with Crippen molar-refractivity contribution in [1.29, 1.82) is 0 Å². The molecule has 0 spiro atoms. The number of pyridine rings is 1. The third-order valence-electron chi connectivity index (χ3n) is 6.40. The molecule has 10 heteroatoms. The molecule has 0 aromatic carbocycles. The van der Waals surface area contributed by atoms with Crippen molar-refractivity contribution >= 4 is 39.1 Å². The number of ether oxygens (including phenoxy) is 2. The second kappa shape index (κ2) is 8.42. The molecular formula is C23H29N5O3S2. The maximum Gasteiger partial charge on any atom is 0.189 e. The van der Waals surface area contributed by atoms with Crippen LogP contribution in [0.4, 0.5) is 5.82 Å². The molecule has 3 atom stereocenters. The number of thiazole rings is 1. The van der Waals surface area contributed by atoms with Crippen LogP contribution in [0.3, 0.4) is 0 Å². The lowest BCUT2D eigenvalue weighted by Gasteiger charge is -2.31. The maximum absolute atomic E-state index is 9.59. The topological polar surface area (TPSA) is 102 Å². The highest BCUT2D eigenvalue weighted by molar-refractivity contribution is 7.98. The van der Waals surface area contributed by atoms with Gasteiger partial charge in [0, 0.05) is 12.8 Å². The fourth-order valence-electron chi connectivity index (χ4n) is 5.04. The summed E-state index contributed by atoms with van der Waals surface area (Å²) in [6.45, 7) is 7.98. The number of thioether (sulfide) groups is 1. The predicted octanol–water partition coefficient (Wildman–Crippen LogP) is 4.54. The van der Waals surface area contributed by atoms with Gasteiger partial charge >= 0.3 is 0 Å². The van der Waals surface area contributed by atoms with Crippen LogP contribution in [0.1, 0.15) is 44.5 Å². The number of anilines is 1. The van der Waals surface area contributed by atoms with Crippen LogP contribution in [0.2, 0.25) is 0 Å². The average molecular weight is 488 g/mol. The van der Waals surface area contributed by atoms with Gasteiger partial charge in [-0.05, 0) is 65.2 Å². The van der Waals surface area contributed by atoms with Crippen molar-refractivity contribution in [3.8, 4) is 10.6 Å². The number of hydrogen-bond acceptors (Lipinski definition) is 10. The van der Waals surface area contributed by atoms with Gasteiger partial charge in [-0.1, -0.05) is 11.8 Å². The highest BCUT2D eigenvalue weighted by Gasteiger charge is 2.60. The molecule has 5 rings (SSSR count). The predicted molar refractivity (Wildman–Crippen MR) is 131 cm³/mol.